The van der Waals surface area contributed by atoms with E-state index in [0.717, 1.165) is 0 Å². The van der Waals surface area contributed by atoms with Crippen LogP contribution in [-0.2, 0) is 14.6 Å². The minimum absolute atomic E-state index is 0.0708. The molecule has 1 aromatic carbocycles. The monoisotopic (exact) mass is 294 g/mol. The fourth-order valence-corrected chi connectivity index (χ4v) is 3.28. The van der Waals surface area contributed by atoms with E-state index in [-0.39, 0.29) is 29.4 Å². The van der Waals surface area contributed by atoms with Crippen LogP contribution in [0.4, 0.5) is 0 Å². The van der Waals surface area contributed by atoms with Crippen LogP contribution in [-0.4, -0.2) is 38.6 Å². The van der Waals surface area contributed by atoms with E-state index in [1.165, 1.54) is 4.90 Å². The number of hydrogen-bond acceptors (Lipinski definition) is 4. The van der Waals surface area contributed by atoms with Crippen molar-refractivity contribution in [3.8, 4) is 6.07 Å². The lowest BCUT2D eigenvalue weighted by atomic mass is 10.2. The van der Waals surface area contributed by atoms with Crippen LogP contribution in [0, 0.1) is 18.3 Å². The van der Waals surface area contributed by atoms with Gasteiger partial charge in [0, 0.05) is 20.0 Å². The topological polar surface area (TPSA) is 78.2 Å². The van der Waals surface area contributed by atoms with Crippen LogP contribution in [0.15, 0.2) is 29.2 Å². The molecule has 0 bridgehead atoms. The zero-order valence-electron chi connectivity index (χ0n) is 11.7. The van der Waals surface area contributed by atoms with E-state index < -0.39 is 9.84 Å². The molecule has 0 saturated heterocycles. The molecule has 0 aliphatic heterocycles. The average Bonchev–Trinajstić information content (AvgIpc) is 2.42. The molecule has 6 heteroatoms. The molecule has 108 valence electrons. The third-order valence-corrected chi connectivity index (χ3v) is 4.87. The van der Waals surface area contributed by atoms with Gasteiger partial charge < -0.3 is 4.90 Å². The van der Waals surface area contributed by atoms with Crippen LogP contribution in [0.1, 0.15) is 18.4 Å². The number of nitriles is 1. The molecule has 1 aromatic rings. The molecule has 0 spiro atoms. The summed E-state index contributed by atoms with van der Waals surface area (Å²) >= 11 is 0. The molecule has 0 N–H and O–H groups in total. The van der Waals surface area contributed by atoms with Gasteiger partial charge in [-0.3, -0.25) is 4.79 Å². The first-order valence-corrected chi connectivity index (χ1v) is 7.93. The highest BCUT2D eigenvalue weighted by Crippen LogP contribution is 2.16. The van der Waals surface area contributed by atoms with Gasteiger partial charge in [-0.1, -0.05) is 18.2 Å². The molecule has 1 rings (SSSR count). The van der Waals surface area contributed by atoms with E-state index in [1.54, 1.807) is 38.2 Å². The number of hydrogen-bond donors (Lipinski definition) is 0. The summed E-state index contributed by atoms with van der Waals surface area (Å²) in [6, 6.07) is 8.67. The van der Waals surface area contributed by atoms with Crippen molar-refractivity contribution in [2.24, 2.45) is 0 Å². The minimum atomic E-state index is -3.45. The zero-order valence-corrected chi connectivity index (χ0v) is 12.5. The van der Waals surface area contributed by atoms with Gasteiger partial charge in [0.15, 0.2) is 9.84 Å². The van der Waals surface area contributed by atoms with Crippen LogP contribution in [0.25, 0.3) is 0 Å². The quantitative estimate of drug-likeness (QED) is 0.797. The molecule has 0 saturated carbocycles. The van der Waals surface area contributed by atoms with Crippen LogP contribution >= 0.6 is 0 Å². The minimum Gasteiger partial charge on any atom is -0.345 e. The van der Waals surface area contributed by atoms with E-state index in [0.29, 0.717) is 12.1 Å². The Morgan fingerprint density at radius 1 is 1.35 bits per heavy atom. The Labute approximate surface area is 119 Å². The predicted molar refractivity (Wildman–Crippen MR) is 75.7 cm³/mol. The summed E-state index contributed by atoms with van der Waals surface area (Å²) in [6.45, 7) is 2.05. The molecule has 20 heavy (non-hydrogen) atoms. The van der Waals surface area contributed by atoms with Gasteiger partial charge in [0.2, 0.25) is 5.91 Å². The largest absolute Gasteiger partial charge is 0.345 e. The number of carbonyl (C=O) groups is 1. The lowest BCUT2D eigenvalue weighted by Crippen LogP contribution is -2.29. The summed E-state index contributed by atoms with van der Waals surface area (Å²) in [7, 11) is -1.88. The number of aryl methyl sites for hydroxylation is 1. The second-order valence-corrected chi connectivity index (χ2v) is 6.64. The summed E-state index contributed by atoms with van der Waals surface area (Å²) in [5.74, 6) is -0.481. The van der Waals surface area contributed by atoms with E-state index in [2.05, 4.69) is 0 Å². The van der Waals surface area contributed by atoms with E-state index in [1.807, 2.05) is 6.07 Å². The van der Waals surface area contributed by atoms with Crippen LogP contribution in [0.3, 0.4) is 0 Å². The Bertz CT molecular complexity index is 618. The van der Waals surface area contributed by atoms with Crippen molar-refractivity contribution in [1.29, 1.82) is 5.26 Å². The summed E-state index contributed by atoms with van der Waals surface area (Å²) in [5.41, 5.74) is 0.679. The smallest absolute Gasteiger partial charge is 0.223 e. The number of rotatable bonds is 6. The number of sulfone groups is 1. The van der Waals surface area contributed by atoms with Crippen molar-refractivity contribution in [3.05, 3.63) is 29.8 Å². The Kier molecular flexibility index (Phi) is 5.71. The van der Waals surface area contributed by atoms with Gasteiger partial charge in [-0.05, 0) is 18.6 Å². The molecule has 0 aliphatic carbocycles. The molecule has 5 nitrogen and oxygen atoms in total. The highest BCUT2D eigenvalue weighted by atomic mass is 32.2. The number of nitrogens with zero attached hydrogens (tertiary/aromatic N) is 2. The normalized spacial score (nSPS) is 10.8. The lowest BCUT2D eigenvalue weighted by Gasteiger charge is -2.15. The number of benzene rings is 1. The van der Waals surface area contributed by atoms with Crippen molar-refractivity contribution in [1.82, 2.24) is 4.90 Å². The summed E-state index contributed by atoms with van der Waals surface area (Å²) in [6.07, 6.45) is 0.172. The van der Waals surface area contributed by atoms with E-state index >= 15 is 0 Å². The number of carbonyl (C=O) groups excluding carboxylic acids is 1. The highest BCUT2D eigenvalue weighted by Gasteiger charge is 2.19. The SMILES string of the molecule is Cc1ccccc1S(=O)(=O)CCC(=O)N(C)CCC#N. The maximum absolute atomic E-state index is 12.2. The van der Waals surface area contributed by atoms with Crippen LogP contribution in [0.5, 0.6) is 0 Å². The molecule has 0 aromatic heterocycles. The Hall–Kier alpha value is -1.87. The first kappa shape index (κ1) is 16.2. The molecular formula is C14H18N2O3S. The van der Waals surface area contributed by atoms with Crippen molar-refractivity contribution >= 4 is 15.7 Å². The van der Waals surface area contributed by atoms with Gasteiger partial charge in [-0.15, -0.1) is 0 Å². The van der Waals surface area contributed by atoms with Gasteiger partial charge in [0.25, 0.3) is 0 Å². The van der Waals surface area contributed by atoms with Crippen molar-refractivity contribution in [2.45, 2.75) is 24.7 Å². The zero-order chi connectivity index (χ0) is 15.2. The van der Waals surface area contributed by atoms with Gasteiger partial charge >= 0.3 is 0 Å². The summed E-state index contributed by atoms with van der Waals surface area (Å²) in [4.78, 5) is 13.4. The Morgan fingerprint density at radius 3 is 2.60 bits per heavy atom. The van der Waals surface area contributed by atoms with Crippen molar-refractivity contribution < 1.29 is 13.2 Å². The van der Waals surface area contributed by atoms with Crippen LogP contribution in [0.2, 0.25) is 0 Å². The number of amides is 1. The van der Waals surface area contributed by atoms with Gasteiger partial charge in [0.05, 0.1) is 23.1 Å². The fourth-order valence-electron chi connectivity index (χ4n) is 1.77. The molecule has 1 amide bonds. The van der Waals surface area contributed by atoms with E-state index in [9.17, 15) is 13.2 Å². The first-order chi connectivity index (χ1) is 9.38. The maximum atomic E-state index is 12.2. The Morgan fingerprint density at radius 2 is 2.00 bits per heavy atom. The highest BCUT2D eigenvalue weighted by molar-refractivity contribution is 7.91. The van der Waals surface area contributed by atoms with Crippen molar-refractivity contribution in [2.75, 3.05) is 19.3 Å². The molecule has 0 heterocycles. The molecule has 0 unspecified atom stereocenters. The third-order valence-electron chi connectivity index (χ3n) is 3.00. The first-order valence-electron chi connectivity index (χ1n) is 6.28. The van der Waals surface area contributed by atoms with Gasteiger partial charge in [-0.25, -0.2) is 8.42 Å². The lowest BCUT2D eigenvalue weighted by molar-refractivity contribution is -0.129. The third kappa shape index (κ3) is 4.35. The molecule has 0 aliphatic rings. The average molecular weight is 294 g/mol. The molecule has 0 radical (unpaired) electrons. The fraction of sp³-hybridized carbons (Fsp3) is 0.429. The molecular weight excluding hydrogens is 276 g/mol. The molecule has 0 atom stereocenters. The second kappa shape index (κ2) is 7.06. The van der Waals surface area contributed by atoms with Gasteiger partial charge in [0.1, 0.15) is 0 Å². The maximum Gasteiger partial charge on any atom is 0.223 e. The summed E-state index contributed by atoms with van der Waals surface area (Å²) < 4.78 is 24.3. The standard InChI is InChI=1S/C14H18N2O3S/c1-12-6-3-4-7-13(12)20(18,19)11-8-14(17)16(2)10-5-9-15/h3-4,6-7H,5,8,10-11H2,1-2H3. The molecule has 0 fully saturated rings. The van der Waals surface area contributed by atoms with Crippen LogP contribution < -0.4 is 0 Å². The Balaban J connectivity index is 2.68. The summed E-state index contributed by atoms with van der Waals surface area (Å²) in [5, 5.41) is 8.45. The van der Waals surface area contributed by atoms with Gasteiger partial charge in [-0.2, -0.15) is 5.26 Å². The van der Waals surface area contributed by atoms with E-state index in [4.69, 9.17) is 5.26 Å². The second-order valence-electron chi connectivity index (χ2n) is 4.56. The van der Waals surface area contributed by atoms with Crippen molar-refractivity contribution in [3.63, 3.8) is 0 Å². The predicted octanol–water partition coefficient (Wildman–Crippen LogP) is 1.53.